The number of nitrogens with zero attached hydrogens (tertiary/aromatic N) is 3. The molecule has 1 unspecified atom stereocenters. The number of esters is 1. The minimum atomic E-state index is -0.932. The molecule has 0 radical (unpaired) electrons. The van der Waals surface area contributed by atoms with Gasteiger partial charge in [0, 0.05) is 23.8 Å². The first-order valence-electron chi connectivity index (χ1n) is 15.9. The van der Waals surface area contributed by atoms with Crippen molar-refractivity contribution in [2.45, 2.75) is 26.8 Å². The number of nitro benzene ring substituents is 1. The Labute approximate surface area is 290 Å². The van der Waals surface area contributed by atoms with Crippen LogP contribution in [0.5, 0.6) is 17.2 Å². The first-order valence-corrected chi connectivity index (χ1v) is 16.7. The summed E-state index contributed by atoms with van der Waals surface area (Å²) in [6.45, 7) is 6.36. The van der Waals surface area contributed by atoms with Crippen LogP contribution in [0.25, 0.3) is 23.1 Å². The number of fused-ring (bicyclic) bond motifs is 1. The predicted octanol–water partition coefficient (Wildman–Crippen LogP) is 5.91. The molecule has 0 aliphatic carbocycles. The molecule has 0 saturated carbocycles. The van der Waals surface area contributed by atoms with Crippen molar-refractivity contribution in [3.8, 4) is 28.6 Å². The van der Waals surface area contributed by atoms with Crippen LogP contribution in [0.4, 0.5) is 5.69 Å². The van der Waals surface area contributed by atoms with Gasteiger partial charge in [-0.1, -0.05) is 47.7 Å². The fourth-order valence-corrected chi connectivity index (χ4v) is 6.68. The van der Waals surface area contributed by atoms with Crippen molar-refractivity contribution >= 4 is 34.8 Å². The number of ether oxygens (including phenoxy) is 4. The Bertz CT molecular complexity index is 2290. The molecule has 0 amide bonds. The van der Waals surface area contributed by atoms with Gasteiger partial charge in [0.25, 0.3) is 11.2 Å². The molecule has 5 aromatic rings. The maximum absolute atomic E-state index is 14.4. The van der Waals surface area contributed by atoms with E-state index in [0.717, 1.165) is 11.3 Å². The minimum Gasteiger partial charge on any atom is -0.496 e. The Hall–Kier alpha value is -5.95. The summed E-state index contributed by atoms with van der Waals surface area (Å²) < 4.78 is 30.5. The second-order valence-corrected chi connectivity index (χ2v) is 11.9. The Morgan fingerprint density at radius 2 is 1.70 bits per heavy atom. The van der Waals surface area contributed by atoms with E-state index in [9.17, 15) is 19.7 Å². The van der Waals surface area contributed by atoms with E-state index in [0.29, 0.717) is 69.2 Å². The zero-order chi connectivity index (χ0) is 35.4. The van der Waals surface area contributed by atoms with Gasteiger partial charge in [0.15, 0.2) is 16.3 Å². The van der Waals surface area contributed by atoms with Crippen LogP contribution in [0.15, 0.2) is 98.6 Å². The van der Waals surface area contributed by atoms with E-state index < -0.39 is 22.5 Å². The van der Waals surface area contributed by atoms with E-state index in [1.807, 2.05) is 44.2 Å². The van der Waals surface area contributed by atoms with Gasteiger partial charge < -0.3 is 23.4 Å². The molecule has 1 aliphatic heterocycles. The highest BCUT2D eigenvalue weighted by Crippen LogP contribution is 2.39. The van der Waals surface area contributed by atoms with Crippen LogP contribution in [-0.4, -0.2) is 42.4 Å². The van der Waals surface area contributed by atoms with Gasteiger partial charge in [-0.25, -0.2) is 9.79 Å². The van der Waals surface area contributed by atoms with E-state index in [1.165, 1.54) is 29.9 Å². The molecule has 6 rings (SSSR count). The van der Waals surface area contributed by atoms with Crippen LogP contribution in [0.1, 0.15) is 43.7 Å². The van der Waals surface area contributed by atoms with Crippen molar-refractivity contribution in [3.05, 3.63) is 131 Å². The highest BCUT2D eigenvalue weighted by molar-refractivity contribution is 7.07. The highest BCUT2D eigenvalue weighted by atomic mass is 32.1. The van der Waals surface area contributed by atoms with Crippen LogP contribution in [0.2, 0.25) is 0 Å². The average Bonchev–Trinajstić information content (AvgIpc) is 3.72. The summed E-state index contributed by atoms with van der Waals surface area (Å²) in [5.41, 5.74) is 1.69. The van der Waals surface area contributed by atoms with Gasteiger partial charge in [0.2, 0.25) is 0 Å². The van der Waals surface area contributed by atoms with E-state index in [-0.39, 0.29) is 22.4 Å². The third-order valence-electron chi connectivity index (χ3n) is 7.82. The average molecular weight is 696 g/mol. The van der Waals surface area contributed by atoms with Crippen LogP contribution in [-0.2, 0) is 9.53 Å². The Balaban J connectivity index is 1.56. The number of nitro groups is 1. The molecule has 12 nitrogen and oxygen atoms in total. The van der Waals surface area contributed by atoms with E-state index >= 15 is 0 Å². The van der Waals surface area contributed by atoms with E-state index in [1.54, 1.807) is 43.3 Å². The Kier molecular flexibility index (Phi) is 9.95. The Morgan fingerprint density at radius 1 is 0.960 bits per heavy atom. The molecular formula is C37H33N3O9S. The number of methoxy groups -OCH3 is 1. The Morgan fingerprint density at radius 3 is 2.40 bits per heavy atom. The molecule has 0 N–H and O–H groups in total. The number of rotatable bonds is 12. The van der Waals surface area contributed by atoms with Crippen LogP contribution >= 0.6 is 11.3 Å². The summed E-state index contributed by atoms with van der Waals surface area (Å²) in [6, 6.07) is 21.2. The van der Waals surface area contributed by atoms with Crippen LogP contribution in [0.3, 0.4) is 0 Å². The summed E-state index contributed by atoms with van der Waals surface area (Å²) in [6.07, 6.45) is 1.58. The molecule has 0 bridgehead atoms. The number of aromatic nitrogens is 1. The highest BCUT2D eigenvalue weighted by Gasteiger charge is 2.35. The maximum atomic E-state index is 14.4. The van der Waals surface area contributed by atoms with Gasteiger partial charge in [-0.15, -0.1) is 0 Å². The summed E-state index contributed by atoms with van der Waals surface area (Å²) in [5.74, 6) is 1.42. The number of furan rings is 1. The van der Waals surface area contributed by atoms with Gasteiger partial charge in [0.05, 0.1) is 59.3 Å². The zero-order valence-corrected chi connectivity index (χ0v) is 28.5. The van der Waals surface area contributed by atoms with Crippen LogP contribution in [0, 0.1) is 10.1 Å². The number of hydrogen-bond donors (Lipinski definition) is 0. The van der Waals surface area contributed by atoms with Gasteiger partial charge >= 0.3 is 5.97 Å². The van der Waals surface area contributed by atoms with Crippen molar-refractivity contribution in [2.24, 2.45) is 4.99 Å². The molecule has 0 spiro atoms. The SMILES string of the molecule is CCOC(=O)C1=C(c2ccccc2)N=c2s/c(=C\c3ccc(-c4cc([N+](=O)[O-])ccc4OC)o3)c(=O)n2C1c1ccc(OCC)c(OCC)c1. The zero-order valence-electron chi connectivity index (χ0n) is 27.7. The number of carbonyl (C=O) groups is 1. The van der Waals surface area contributed by atoms with Gasteiger partial charge in [-0.05, 0) is 56.7 Å². The van der Waals surface area contributed by atoms with E-state index in [4.69, 9.17) is 28.4 Å². The van der Waals surface area contributed by atoms with Crippen molar-refractivity contribution in [1.82, 2.24) is 4.57 Å². The molecule has 1 aliphatic rings. The molecule has 13 heteroatoms. The first-order chi connectivity index (χ1) is 24.3. The molecule has 1 atom stereocenters. The monoisotopic (exact) mass is 695 g/mol. The second kappa shape index (κ2) is 14.7. The third kappa shape index (κ3) is 6.54. The fraction of sp³-hybridized carbons (Fsp3) is 0.216. The molecule has 256 valence electrons. The summed E-state index contributed by atoms with van der Waals surface area (Å²) >= 11 is 1.14. The topological polar surface area (TPSA) is 145 Å². The molecule has 2 aromatic heterocycles. The summed E-state index contributed by atoms with van der Waals surface area (Å²) in [4.78, 5) is 44.4. The first kappa shape index (κ1) is 33.9. The van der Waals surface area contributed by atoms with E-state index in [2.05, 4.69) is 0 Å². The van der Waals surface area contributed by atoms with Crippen molar-refractivity contribution in [3.63, 3.8) is 0 Å². The number of benzene rings is 3. The standard InChI is InChI=1S/C37H33N3O9S/c1-5-46-29-16-13-23(19-30(29)47-6-2)34-32(36(42)48-7-3)33(22-11-9-8-10-12-22)38-37-39(34)35(41)31(50-37)21-25-15-18-28(49-25)26-20-24(40(43)44)14-17-27(26)45-4/h8-21,34H,5-7H2,1-4H3/b31-21-. The van der Waals surface area contributed by atoms with Gasteiger partial charge in [-0.2, -0.15) is 0 Å². The summed E-state index contributed by atoms with van der Waals surface area (Å²) in [5, 5.41) is 11.4. The third-order valence-corrected chi connectivity index (χ3v) is 8.80. The number of thiazole rings is 1. The lowest BCUT2D eigenvalue weighted by Gasteiger charge is -2.26. The molecule has 3 heterocycles. The smallest absolute Gasteiger partial charge is 0.338 e. The predicted molar refractivity (Wildman–Crippen MR) is 187 cm³/mol. The van der Waals surface area contributed by atoms with Crippen molar-refractivity contribution in [1.29, 1.82) is 0 Å². The largest absolute Gasteiger partial charge is 0.496 e. The lowest BCUT2D eigenvalue weighted by Crippen LogP contribution is -2.40. The molecule has 3 aromatic carbocycles. The van der Waals surface area contributed by atoms with Crippen LogP contribution < -0.4 is 29.1 Å². The van der Waals surface area contributed by atoms with Crippen molar-refractivity contribution in [2.75, 3.05) is 26.9 Å². The summed E-state index contributed by atoms with van der Waals surface area (Å²) in [7, 11) is 1.46. The quantitative estimate of drug-likeness (QED) is 0.0884. The molecule has 50 heavy (non-hydrogen) atoms. The number of hydrogen-bond acceptors (Lipinski definition) is 11. The lowest BCUT2D eigenvalue weighted by molar-refractivity contribution is -0.384. The fourth-order valence-electron chi connectivity index (χ4n) is 5.70. The van der Waals surface area contributed by atoms with Gasteiger partial charge in [0.1, 0.15) is 17.3 Å². The van der Waals surface area contributed by atoms with Gasteiger partial charge in [-0.3, -0.25) is 19.5 Å². The maximum Gasteiger partial charge on any atom is 0.338 e. The second-order valence-electron chi connectivity index (χ2n) is 10.8. The normalized spacial score (nSPS) is 14.2. The van der Waals surface area contributed by atoms with Crippen molar-refractivity contribution < 1.29 is 33.1 Å². The molecule has 0 saturated heterocycles. The lowest BCUT2D eigenvalue weighted by atomic mass is 9.93. The molecular weight excluding hydrogens is 662 g/mol. The number of non-ortho nitro benzene ring substituents is 1. The number of carbonyl (C=O) groups excluding carboxylic acids is 1. The minimum absolute atomic E-state index is 0.116. The molecule has 0 fully saturated rings.